The van der Waals surface area contributed by atoms with Gasteiger partial charge in [0.05, 0.1) is 9.37 Å². The maximum atomic E-state index is 12.4. The first-order valence-corrected chi connectivity index (χ1v) is 2.81. The Bertz CT molecular complexity index is 215. The first-order chi connectivity index (χ1) is 5.08. The van der Waals surface area contributed by atoms with Crippen molar-refractivity contribution in [1.29, 1.82) is 0 Å². The molecule has 0 aliphatic heterocycles. The molecule has 0 bridgehead atoms. The smallest absolute Gasteiger partial charge is 0.0934 e. The highest BCUT2D eigenvalue weighted by molar-refractivity contribution is 5.14. The van der Waals surface area contributed by atoms with Crippen LogP contribution in [0, 0.1) is 0 Å². The quantitative estimate of drug-likeness (QED) is 0.569. The molecule has 0 saturated carbocycles. The largest absolute Gasteiger partial charge is 0.251 e. The maximum absolute atomic E-state index is 12.4. The molecule has 0 spiro atoms. The maximum Gasteiger partial charge on any atom is 0.0934 e. The van der Waals surface area contributed by atoms with Gasteiger partial charge in [-0.1, -0.05) is 30.3 Å². The van der Waals surface area contributed by atoms with Gasteiger partial charge < -0.3 is 0 Å². The predicted molar refractivity (Wildman–Crippen MR) is 36.1 cm³/mol. The molecule has 0 aliphatic carbocycles. The van der Waals surface area contributed by atoms with Gasteiger partial charge in [-0.3, -0.25) is 4.39 Å². The highest BCUT2D eigenvalue weighted by Gasteiger charge is 1.86. The van der Waals surface area contributed by atoms with E-state index in [0.717, 1.165) is 0 Å². The van der Waals surface area contributed by atoms with Crippen molar-refractivity contribution in [3.05, 3.63) is 35.9 Å². The summed E-state index contributed by atoms with van der Waals surface area (Å²) in [5, 5.41) is 0. The molecule has 1 aromatic rings. The van der Waals surface area contributed by atoms with Crippen molar-refractivity contribution in [1.82, 2.24) is 0 Å². The fourth-order valence-electron chi connectivity index (χ4n) is 0.673. The molecule has 0 aromatic heterocycles. The van der Waals surface area contributed by atoms with Crippen LogP contribution in [-0.4, -0.2) is 6.63 Å². The lowest BCUT2D eigenvalue weighted by atomic mass is 10.2. The molecule has 0 amide bonds. The fraction of sp³-hybridized carbons (Fsp3) is 0.250. The first-order valence-electron chi connectivity index (χ1n) is 3.81. The van der Waals surface area contributed by atoms with Crippen LogP contribution in [0.15, 0.2) is 30.3 Å². The second-order valence-corrected chi connectivity index (χ2v) is 1.80. The van der Waals surface area contributed by atoms with Gasteiger partial charge in [0.1, 0.15) is 0 Å². The zero-order valence-corrected chi connectivity index (χ0v) is 4.97. The van der Waals surface area contributed by atoms with E-state index in [9.17, 15) is 4.39 Å². The molecule has 0 atom stereocenters. The second kappa shape index (κ2) is 3.23. The molecule has 0 nitrogen and oxygen atoms in total. The van der Waals surface area contributed by atoms with Crippen LogP contribution < -0.4 is 0 Å². The lowest BCUT2D eigenvalue weighted by Crippen LogP contribution is -1.83. The number of alkyl halides is 1. The molecule has 0 heterocycles. The van der Waals surface area contributed by atoms with Crippen molar-refractivity contribution in [3.63, 3.8) is 0 Å². The molecule has 1 aromatic carbocycles. The van der Waals surface area contributed by atoms with Crippen LogP contribution in [0.4, 0.5) is 4.39 Å². The number of hydrogen-bond acceptors (Lipinski definition) is 0. The summed E-state index contributed by atoms with van der Waals surface area (Å²) in [5.41, 5.74) is 0.681. The van der Waals surface area contributed by atoms with E-state index in [4.69, 9.17) is 2.74 Å². The second-order valence-electron chi connectivity index (χ2n) is 1.80. The molecule has 0 radical (unpaired) electrons. The number of aryl methyl sites for hydroxylation is 1. The molecule has 0 fully saturated rings. The van der Waals surface area contributed by atoms with E-state index in [1.54, 1.807) is 24.3 Å². The third-order valence-electron chi connectivity index (χ3n) is 1.11. The Morgan fingerprint density at radius 2 is 2.00 bits per heavy atom. The van der Waals surface area contributed by atoms with Crippen LogP contribution in [0.5, 0.6) is 0 Å². The molecule has 1 rings (SSSR count). The number of rotatable bonds is 2. The standard InChI is InChI=1S/C8H9F/c9-7-6-8-4-2-1-3-5-8/h1-5H,6-7H2/i7D2. The van der Waals surface area contributed by atoms with E-state index in [-0.39, 0.29) is 6.42 Å². The Morgan fingerprint density at radius 1 is 1.33 bits per heavy atom. The van der Waals surface area contributed by atoms with E-state index < -0.39 is 6.63 Å². The van der Waals surface area contributed by atoms with Crippen LogP contribution in [0.2, 0.25) is 0 Å². The molecule has 9 heavy (non-hydrogen) atoms. The molecule has 0 N–H and O–H groups in total. The predicted octanol–water partition coefficient (Wildman–Crippen LogP) is 2.20. The third-order valence-corrected chi connectivity index (χ3v) is 1.11. The van der Waals surface area contributed by atoms with Crippen LogP contribution in [0.25, 0.3) is 0 Å². The van der Waals surface area contributed by atoms with E-state index in [1.807, 2.05) is 6.07 Å². The Hall–Kier alpha value is -0.850. The van der Waals surface area contributed by atoms with Gasteiger partial charge in [0, 0.05) is 6.42 Å². The topological polar surface area (TPSA) is 0 Å². The summed E-state index contributed by atoms with van der Waals surface area (Å²) >= 11 is 0. The van der Waals surface area contributed by atoms with E-state index in [1.165, 1.54) is 0 Å². The Labute approximate surface area is 57.1 Å². The van der Waals surface area contributed by atoms with Gasteiger partial charge in [0.2, 0.25) is 0 Å². The van der Waals surface area contributed by atoms with Crippen LogP contribution in [0.3, 0.4) is 0 Å². The zero-order chi connectivity index (χ0) is 8.32. The lowest BCUT2D eigenvalue weighted by molar-refractivity contribution is 0.495. The average molecular weight is 126 g/mol. The lowest BCUT2D eigenvalue weighted by Gasteiger charge is -1.92. The van der Waals surface area contributed by atoms with Gasteiger partial charge in [-0.2, -0.15) is 0 Å². The van der Waals surface area contributed by atoms with Gasteiger partial charge in [-0.05, 0) is 5.56 Å². The van der Waals surface area contributed by atoms with Crippen molar-refractivity contribution in [2.24, 2.45) is 0 Å². The summed E-state index contributed by atoms with van der Waals surface area (Å²) in [4.78, 5) is 0. The molecule has 0 aliphatic rings. The van der Waals surface area contributed by atoms with Gasteiger partial charge in [-0.25, -0.2) is 0 Å². The summed E-state index contributed by atoms with van der Waals surface area (Å²) in [7, 11) is 0. The normalized spacial score (nSPS) is 14.3. The molecular formula is C8H9F. The number of benzene rings is 1. The summed E-state index contributed by atoms with van der Waals surface area (Å²) in [5.74, 6) is 0. The van der Waals surface area contributed by atoms with E-state index >= 15 is 0 Å². The van der Waals surface area contributed by atoms with Crippen molar-refractivity contribution >= 4 is 0 Å². The molecule has 0 unspecified atom stereocenters. The number of halogens is 1. The summed E-state index contributed by atoms with van der Waals surface area (Å²) < 4.78 is 25.7. The summed E-state index contributed by atoms with van der Waals surface area (Å²) in [6.45, 7) is -2.60. The summed E-state index contributed by atoms with van der Waals surface area (Å²) in [6.07, 6.45) is -0.173. The highest BCUT2D eigenvalue weighted by atomic mass is 19.1. The minimum atomic E-state index is -2.60. The first kappa shape index (κ1) is 4.04. The van der Waals surface area contributed by atoms with Crippen molar-refractivity contribution in [3.8, 4) is 0 Å². The van der Waals surface area contributed by atoms with E-state index in [2.05, 4.69) is 0 Å². The van der Waals surface area contributed by atoms with Gasteiger partial charge in [0.15, 0.2) is 0 Å². The third kappa shape index (κ3) is 1.84. The minimum absolute atomic E-state index is 0.173. The Morgan fingerprint density at radius 3 is 2.56 bits per heavy atom. The van der Waals surface area contributed by atoms with Gasteiger partial charge in [-0.15, -0.1) is 0 Å². The SMILES string of the molecule is [2H]C([2H])(F)Cc1ccccc1. The van der Waals surface area contributed by atoms with Crippen molar-refractivity contribution < 1.29 is 7.13 Å². The summed E-state index contributed by atoms with van der Waals surface area (Å²) in [6, 6.07) is 8.76. The van der Waals surface area contributed by atoms with Crippen LogP contribution in [-0.2, 0) is 6.42 Å². The van der Waals surface area contributed by atoms with Crippen molar-refractivity contribution in [2.45, 2.75) is 6.42 Å². The fourth-order valence-corrected chi connectivity index (χ4v) is 0.673. The monoisotopic (exact) mass is 126 g/mol. The minimum Gasteiger partial charge on any atom is -0.251 e. The molecule has 0 saturated heterocycles. The Balaban J connectivity index is 2.66. The van der Waals surface area contributed by atoms with Crippen molar-refractivity contribution in [2.75, 3.05) is 6.63 Å². The van der Waals surface area contributed by atoms with Gasteiger partial charge in [0.25, 0.3) is 0 Å². The molecule has 1 heteroatoms. The highest BCUT2D eigenvalue weighted by Crippen LogP contribution is 1.98. The molecule has 48 valence electrons. The van der Waals surface area contributed by atoms with Crippen LogP contribution in [0.1, 0.15) is 8.30 Å². The zero-order valence-electron chi connectivity index (χ0n) is 6.97. The Kier molecular flexibility index (Phi) is 1.45. The van der Waals surface area contributed by atoms with Crippen LogP contribution >= 0.6 is 0 Å². The van der Waals surface area contributed by atoms with E-state index in [0.29, 0.717) is 5.56 Å². The van der Waals surface area contributed by atoms with Gasteiger partial charge >= 0.3 is 0 Å². The number of hydrogen-bond donors (Lipinski definition) is 0. The average Bonchev–Trinajstić information content (AvgIpc) is 1.85. The molecular weight excluding hydrogens is 115 g/mol.